The van der Waals surface area contributed by atoms with Crippen molar-refractivity contribution in [1.29, 1.82) is 0 Å². The smallest absolute Gasteiger partial charge is 0.126 e. The van der Waals surface area contributed by atoms with Gasteiger partial charge in [0.15, 0.2) is 0 Å². The molecular weight excluding hydrogens is 353 g/mol. The molecule has 0 aliphatic carbocycles. The van der Waals surface area contributed by atoms with Crippen molar-refractivity contribution in [1.82, 2.24) is 0 Å². The van der Waals surface area contributed by atoms with Gasteiger partial charge in [0.05, 0.1) is 20.3 Å². The molecule has 4 heteroatoms. The Morgan fingerprint density at radius 3 is 2.43 bits per heavy atom. The average Bonchev–Trinajstić information content (AvgIpc) is 2.76. The highest BCUT2D eigenvalue weighted by Gasteiger charge is 2.13. The van der Waals surface area contributed by atoms with Crippen LogP contribution in [0.3, 0.4) is 0 Å². The van der Waals surface area contributed by atoms with Crippen LogP contribution in [0.1, 0.15) is 11.1 Å². The van der Waals surface area contributed by atoms with E-state index in [9.17, 15) is 4.39 Å². The first-order chi connectivity index (χ1) is 13.7. The number of nitrogens with zero attached hydrogens (tertiary/aromatic N) is 1. The Morgan fingerprint density at radius 1 is 0.929 bits per heavy atom. The van der Waals surface area contributed by atoms with Crippen molar-refractivity contribution in [2.75, 3.05) is 38.3 Å². The van der Waals surface area contributed by atoms with Gasteiger partial charge in [-0.2, -0.15) is 0 Å². The second kappa shape index (κ2) is 8.44. The molecule has 0 atom stereocenters. The zero-order chi connectivity index (χ0) is 19.3. The minimum Gasteiger partial charge on any atom is -0.496 e. The van der Waals surface area contributed by atoms with Gasteiger partial charge in [-0.1, -0.05) is 30.3 Å². The molecule has 4 rings (SSSR count). The van der Waals surface area contributed by atoms with Crippen LogP contribution in [0.5, 0.6) is 5.75 Å². The third-order valence-corrected chi connectivity index (χ3v) is 5.12. The second-order valence-corrected chi connectivity index (χ2v) is 6.99. The average molecular weight is 377 g/mol. The van der Waals surface area contributed by atoms with E-state index in [1.54, 1.807) is 7.11 Å². The molecule has 0 radical (unpaired) electrons. The van der Waals surface area contributed by atoms with Gasteiger partial charge in [0, 0.05) is 24.3 Å². The number of ether oxygens (including phenoxy) is 2. The molecule has 0 N–H and O–H groups in total. The van der Waals surface area contributed by atoms with Gasteiger partial charge in [-0.3, -0.25) is 0 Å². The summed E-state index contributed by atoms with van der Waals surface area (Å²) in [5.74, 6) is 0.640. The monoisotopic (exact) mass is 377 g/mol. The quantitative estimate of drug-likeness (QED) is 0.629. The van der Waals surface area contributed by atoms with Crippen molar-refractivity contribution >= 4 is 5.69 Å². The van der Waals surface area contributed by atoms with E-state index in [0.29, 0.717) is 0 Å². The fraction of sp³-hybridized carbons (Fsp3) is 0.250. The lowest BCUT2D eigenvalue weighted by atomic mass is 9.97. The Hall–Kier alpha value is -2.85. The highest BCUT2D eigenvalue weighted by molar-refractivity contribution is 5.74. The van der Waals surface area contributed by atoms with Crippen LogP contribution in [0.4, 0.5) is 10.1 Å². The van der Waals surface area contributed by atoms with E-state index in [-0.39, 0.29) is 5.82 Å². The molecule has 0 aromatic heterocycles. The van der Waals surface area contributed by atoms with Crippen molar-refractivity contribution in [2.45, 2.75) is 6.42 Å². The fourth-order valence-electron chi connectivity index (χ4n) is 3.62. The largest absolute Gasteiger partial charge is 0.496 e. The minimum atomic E-state index is -0.209. The zero-order valence-corrected chi connectivity index (χ0v) is 16.0. The van der Waals surface area contributed by atoms with Gasteiger partial charge < -0.3 is 14.4 Å². The fourth-order valence-corrected chi connectivity index (χ4v) is 3.62. The van der Waals surface area contributed by atoms with E-state index in [2.05, 4.69) is 41.3 Å². The molecule has 0 saturated carbocycles. The van der Waals surface area contributed by atoms with Gasteiger partial charge in [-0.25, -0.2) is 4.39 Å². The number of anilines is 1. The van der Waals surface area contributed by atoms with E-state index < -0.39 is 0 Å². The minimum absolute atomic E-state index is 0.209. The molecule has 1 fully saturated rings. The normalized spacial score (nSPS) is 14.1. The number of morpholine rings is 1. The Bertz CT molecular complexity index is 934. The standard InChI is InChI=1S/C24H24FNO2/c1-27-24-10-7-19(15-18-5-8-21(25)9-6-18)16-23(24)20-3-2-4-22(17-20)26-11-13-28-14-12-26/h2-10,16-17H,11-15H2,1H3. The molecule has 1 aliphatic rings. The first-order valence-electron chi connectivity index (χ1n) is 9.57. The van der Waals surface area contributed by atoms with Crippen molar-refractivity contribution in [3.05, 3.63) is 83.7 Å². The first kappa shape index (κ1) is 18.5. The first-order valence-corrected chi connectivity index (χ1v) is 9.57. The van der Waals surface area contributed by atoms with Crippen LogP contribution in [0.25, 0.3) is 11.1 Å². The van der Waals surface area contributed by atoms with Crippen molar-refractivity contribution in [3.8, 4) is 16.9 Å². The van der Waals surface area contributed by atoms with Crippen molar-refractivity contribution in [3.63, 3.8) is 0 Å². The Balaban J connectivity index is 1.65. The lowest BCUT2D eigenvalue weighted by Crippen LogP contribution is -2.36. The van der Waals surface area contributed by atoms with Crippen LogP contribution in [0.2, 0.25) is 0 Å². The molecule has 28 heavy (non-hydrogen) atoms. The molecule has 1 aliphatic heterocycles. The maximum Gasteiger partial charge on any atom is 0.126 e. The van der Waals surface area contributed by atoms with Gasteiger partial charge in [0.1, 0.15) is 11.6 Å². The summed E-state index contributed by atoms with van der Waals surface area (Å²) in [7, 11) is 1.70. The van der Waals surface area contributed by atoms with E-state index in [4.69, 9.17) is 9.47 Å². The van der Waals surface area contributed by atoms with E-state index in [1.165, 1.54) is 23.4 Å². The van der Waals surface area contributed by atoms with E-state index >= 15 is 0 Å². The summed E-state index contributed by atoms with van der Waals surface area (Å²) in [6, 6.07) is 21.5. The summed E-state index contributed by atoms with van der Waals surface area (Å²) < 4.78 is 24.3. The van der Waals surface area contributed by atoms with Gasteiger partial charge in [-0.15, -0.1) is 0 Å². The molecule has 0 bridgehead atoms. The van der Waals surface area contributed by atoms with Crippen LogP contribution in [0.15, 0.2) is 66.7 Å². The molecule has 3 aromatic carbocycles. The lowest BCUT2D eigenvalue weighted by Gasteiger charge is -2.29. The van der Waals surface area contributed by atoms with Gasteiger partial charge in [-0.05, 0) is 59.5 Å². The predicted molar refractivity (Wildman–Crippen MR) is 111 cm³/mol. The number of methoxy groups -OCH3 is 1. The highest BCUT2D eigenvalue weighted by atomic mass is 19.1. The third kappa shape index (κ3) is 4.18. The summed E-state index contributed by atoms with van der Waals surface area (Å²) in [5, 5.41) is 0. The Morgan fingerprint density at radius 2 is 1.68 bits per heavy atom. The van der Waals surface area contributed by atoms with Gasteiger partial charge in [0.2, 0.25) is 0 Å². The van der Waals surface area contributed by atoms with Gasteiger partial charge in [0.25, 0.3) is 0 Å². The van der Waals surface area contributed by atoms with E-state index in [0.717, 1.165) is 55.2 Å². The molecule has 0 spiro atoms. The highest BCUT2D eigenvalue weighted by Crippen LogP contribution is 2.33. The Kier molecular flexibility index (Phi) is 5.58. The van der Waals surface area contributed by atoms with Crippen molar-refractivity contribution in [2.24, 2.45) is 0 Å². The number of hydrogen-bond donors (Lipinski definition) is 0. The Labute approximate surface area is 165 Å². The van der Waals surface area contributed by atoms with Crippen LogP contribution < -0.4 is 9.64 Å². The van der Waals surface area contributed by atoms with Crippen LogP contribution in [-0.2, 0) is 11.2 Å². The molecule has 0 unspecified atom stereocenters. The molecular formula is C24H24FNO2. The molecule has 3 nitrogen and oxygen atoms in total. The van der Waals surface area contributed by atoms with Crippen LogP contribution in [-0.4, -0.2) is 33.4 Å². The molecule has 0 amide bonds. The van der Waals surface area contributed by atoms with Gasteiger partial charge >= 0.3 is 0 Å². The second-order valence-electron chi connectivity index (χ2n) is 6.99. The molecule has 3 aromatic rings. The van der Waals surface area contributed by atoms with E-state index in [1.807, 2.05) is 18.2 Å². The van der Waals surface area contributed by atoms with Crippen LogP contribution in [0, 0.1) is 5.82 Å². The number of halogens is 1. The zero-order valence-electron chi connectivity index (χ0n) is 16.0. The number of hydrogen-bond acceptors (Lipinski definition) is 3. The molecule has 1 saturated heterocycles. The predicted octanol–water partition coefficient (Wildman–Crippen LogP) is 4.93. The van der Waals surface area contributed by atoms with Crippen molar-refractivity contribution < 1.29 is 13.9 Å². The SMILES string of the molecule is COc1ccc(Cc2ccc(F)cc2)cc1-c1cccc(N2CCOCC2)c1. The summed E-state index contributed by atoms with van der Waals surface area (Å²) in [5.41, 5.74) is 5.64. The molecule has 1 heterocycles. The topological polar surface area (TPSA) is 21.7 Å². The maximum atomic E-state index is 13.2. The number of rotatable bonds is 5. The summed E-state index contributed by atoms with van der Waals surface area (Å²) >= 11 is 0. The third-order valence-electron chi connectivity index (χ3n) is 5.12. The molecule has 144 valence electrons. The number of benzene rings is 3. The summed E-state index contributed by atoms with van der Waals surface area (Å²) in [6.07, 6.45) is 0.750. The maximum absolute atomic E-state index is 13.2. The van der Waals surface area contributed by atoms with Crippen LogP contribution >= 0.6 is 0 Å². The lowest BCUT2D eigenvalue weighted by molar-refractivity contribution is 0.122. The summed E-state index contributed by atoms with van der Waals surface area (Å²) in [4.78, 5) is 2.35. The summed E-state index contributed by atoms with van der Waals surface area (Å²) in [6.45, 7) is 3.35.